The summed E-state index contributed by atoms with van der Waals surface area (Å²) >= 11 is 0. The molecule has 1 atom stereocenters. The number of primary amides is 1. The van der Waals surface area contributed by atoms with E-state index in [0.717, 1.165) is 5.69 Å². The minimum atomic E-state index is -0.461. The van der Waals surface area contributed by atoms with Crippen LogP contribution < -0.4 is 16.8 Å². The first-order chi connectivity index (χ1) is 7.41. The summed E-state index contributed by atoms with van der Waals surface area (Å²) in [5.41, 5.74) is 12.4. The molecule has 0 bridgehead atoms. The number of pyridine rings is 1. The highest BCUT2D eigenvalue weighted by Crippen LogP contribution is 2.18. The zero-order valence-corrected chi connectivity index (χ0v) is 9.82. The third kappa shape index (κ3) is 2.85. The second-order valence-corrected chi connectivity index (χ2v) is 4.16. The molecule has 16 heavy (non-hydrogen) atoms. The Morgan fingerprint density at radius 1 is 1.44 bits per heavy atom. The van der Waals surface area contributed by atoms with Gasteiger partial charge in [0, 0.05) is 5.69 Å². The summed E-state index contributed by atoms with van der Waals surface area (Å²) in [7, 11) is 0. The van der Waals surface area contributed by atoms with Gasteiger partial charge in [-0.15, -0.1) is 0 Å². The van der Waals surface area contributed by atoms with Gasteiger partial charge in [-0.1, -0.05) is 13.8 Å². The van der Waals surface area contributed by atoms with E-state index >= 15 is 0 Å². The second-order valence-electron chi connectivity index (χ2n) is 4.16. The van der Waals surface area contributed by atoms with Crippen molar-refractivity contribution >= 4 is 17.4 Å². The molecule has 0 spiro atoms. The van der Waals surface area contributed by atoms with Gasteiger partial charge in [0.1, 0.15) is 11.9 Å². The van der Waals surface area contributed by atoms with Gasteiger partial charge in [0.15, 0.2) is 0 Å². The quantitative estimate of drug-likeness (QED) is 0.705. The standard InChI is InChI=1S/C11H18N4O/c1-6(2)9(10(13)16)15-11-8(12)5-4-7(3)14-11/h4-6,9H,12H2,1-3H3,(H2,13,16)(H,14,15). The van der Waals surface area contributed by atoms with E-state index in [4.69, 9.17) is 11.5 Å². The number of hydrogen-bond acceptors (Lipinski definition) is 4. The van der Waals surface area contributed by atoms with E-state index < -0.39 is 11.9 Å². The maximum absolute atomic E-state index is 11.2. The third-order valence-corrected chi connectivity index (χ3v) is 2.33. The number of nitrogens with one attached hydrogen (secondary N) is 1. The van der Waals surface area contributed by atoms with Crippen molar-refractivity contribution in [2.75, 3.05) is 11.1 Å². The number of anilines is 2. The predicted molar refractivity (Wildman–Crippen MR) is 64.8 cm³/mol. The van der Waals surface area contributed by atoms with Crippen LogP contribution in [0.25, 0.3) is 0 Å². The Kier molecular flexibility index (Phi) is 3.71. The lowest BCUT2D eigenvalue weighted by molar-refractivity contribution is -0.119. The third-order valence-electron chi connectivity index (χ3n) is 2.33. The highest BCUT2D eigenvalue weighted by Gasteiger charge is 2.20. The summed E-state index contributed by atoms with van der Waals surface area (Å²) in [4.78, 5) is 15.5. The fraction of sp³-hybridized carbons (Fsp3) is 0.455. The van der Waals surface area contributed by atoms with Crippen molar-refractivity contribution in [2.45, 2.75) is 26.8 Å². The molecule has 88 valence electrons. The molecule has 5 nitrogen and oxygen atoms in total. The van der Waals surface area contributed by atoms with Crippen LogP contribution in [0.3, 0.4) is 0 Å². The second kappa shape index (κ2) is 4.83. The fourth-order valence-corrected chi connectivity index (χ4v) is 1.40. The van der Waals surface area contributed by atoms with Crippen molar-refractivity contribution in [3.05, 3.63) is 17.8 Å². The van der Waals surface area contributed by atoms with Gasteiger partial charge in [0.25, 0.3) is 0 Å². The summed E-state index contributed by atoms with van der Waals surface area (Å²) in [5.74, 6) is 0.189. The fourth-order valence-electron chi connectivity index (χ4n) is 1.40. The van der Waals surface area contributed by atoms with Crippen molar-refractivity contribution in [3.8, 4) is 0 Å². The zero-order chi connectivity index (χ0) is 12.3. The summed E-state index contributed by atoms with van der Waals surface area (Å²) in [6.07, 6.45) is 0. The number of aromatic nitrogens is 1. The molecule has 0 aromatic carbocycles. The van der Waals surface area contributed by atoms with E-state index in [1.807, 2.05) is 26.8 Å². The van der Waals surface area contributed by atoms with Gasteiger partial charge < -0.3 is 16.8 Å². The molecule has 1 amide bonds. The summed E-state index contributed by atoms with van der Waals surface area (Å²) in [5, 5.41) is 2.98. The van der Waals surface area contributed by atoms with Gasteiger partial charge in [-0.3, -0.25) is 4.79 Å². The Balaban J connectivity index is 2.93. The Bertz CT molecular complexity index is 390. The Morgan fingerprint density at radius 2 is 2.06 bits per heavy atom. The largest absolute Gasteiger partial charge is 0.396 e. The summed E-state index contributed by atoms with van der Waals surface area (Å²) in [6, 6.07) is 3.11. The van der Waals surface area contributed by atoms with Gasteiger partial charge in [-0.25, -0.2) is 4.98 Å². The number of nitrogens with two attached hydrogens (primary N) is 2. The Labute approximate surface area is 95.2 Å². The molecular formula is C11H18N4O. The SMILES string of the molecule is Cc1ccc(N)c(NC(C(N)=O)C(C)C)n1. The maximum atomic E-state index is 11.2. The topological polar surface area (TPSA) is 94.0 Å². The van der Waals surface area contributed by atoms with E-state index in [0.29, 0.717) is 11.5 Å². The number of carbonyl (C=O) groups excluding carboxylic acids is 1. The van der Waals surface area contributed by atoms with Crippen molar-refractivity contribution < 1.29 is 4.79 Å². The number of carbonyl (C=O) groups is 1. The Hall–Kier alpha value is -1.78. The number of amides is 1. The van der Waals surface area contributed by atoms with Crippen molar-refractivity contribution in [2.24, 2.45) is 11.7 Å². The molecule has 0 radical (unpaired) electrons. The maximum Gasteiger partial charge on any atom is 0.240 e. The number of rotatable bonds is 4. The average molecular weight is 222 g/mol. The van der Waals surface area contributed by atoms with E-state index in [9.17, 15) is 4.79 Å². The van der Waals surface area contributed by atoms with Crippen LogP contribution in [-0.4, -0.2) is 16.9 Å². The molecule has 1 unspecified atom stereocenters. The molecule has 0 aliphatic rings. The molecule has 1 aromatic rings. The smallest absolute Gasteiger partial charge is 0.240 e. The minimum absolute atomic E-state index is 0.0826. The van der Waals surface area contributed by atoms with E-state index in [1.165, 1.54) is 0 Å². The van der Waals surface area contributed by atoms with Gasteiger partial charge in [0.2, 0.25) is 5.91 Å². The molecular weight excluding hydrogens is 204 g/mol. The van der Waals surface area contributed by atoms with E-state index in [2.05, 4.69) is 10.3 Å². The van der Waals surface area contributed by atoms with Crippen molar-refractivity contribution in [3.63, 3.8) is 0 Å². The lowest BCUT2D eigenvalue weighted by Crippen LogP contribution is -2.40. The first-order valence-electron chi connectivity index (χ1n) is 5.20. The predicted octanol–water partition coefficient (Wildman–Crippen LogP) is 0.894. The first kappa shape index (κ1) is 12.3. The normalized spacial score (nSPS) is 12.5. The highest BCUT2D eigenvalue weighted by atomic mass is 16.1. The number of aryl methyl sites for hydroxylation is 1. The van der Waals surface area contributed by atoms with Crippen molar-refractivity contribution in [1.29, 1.82) is 0 Å². The first-order valence-corrected chi connectivity index (χ1v) is 5.20. The molecule has 0 aliphatic heterocycles. The minimum Gasteiger partial charge on any atom is -0.396 e. The van der Waals surface area contributed by atoms with Crippen LogP contribution >= 0.6 is 0 Å². The van der Waals surface area contributed by atoms with Crippen LogP contribution in [0.2, 0.25) is 0 Å². The van der Waals surface area contributed by atoms with E-state index in [-0.39, 0.29) is 5.92 Å². The van der Waals surface area contributed by atoms with Gasteiger partial charge in [-0.2, -0.15) is 0 Å². The molecule has 1 heterocycles. The van der Waals surface area contributed by atoms with Crippen LogP contribution in [-0.2, 0) is 4.79 Å². The van der Waals surface area contributed by atoms with Gasteiger partial charge in [0.05, 0.1) is 5.69 Å². The average Bonchev–Trinajstić information content (AvgIpc) is 2.18. The van der Waals surface area contributed by atoms with Gasteiger partial charge in [-0.05, 0) is 25.0 Å². The number of hydrogen-bond donors (Lipinski definition) is 3. The zero-order valence-electron chi connectivity index (χ0n) is 9.82. The molecule has 0 saturated carbocycles. The monoisotopic (exact) mass is 222 g/mol. The Morgan fingerprint density at radius 3 is 2.56 bits per heavy atom. The molecule has 0 fully saturated rings. The lowest BCUT2D eigenvalue weighted by Gasteiger charge is -2.20. The van der Waals surface area contributed by atoms with Crippen LogP contribution in [0.4, 0.5) is 11.5 Å². The van der Waals surface area contributed by atoms with Crippen molar-refractivity contribution in [1.82, 2.24) is 4.98 Å². The molecule has 5 N–H and O–H groups in total. The summed E-state index contributed by atoms with van der Waals surface area (Å²) in [6.45, 7) is 5.68. The summed E-state index contributed by atoms with van der Waals surface area (Å²) < 4.78 is 0. The van der Waals surface area contributed by atoms with Gasteiger partial charge >= 0.3 is 0 Å². The van der Waals surface area contributed by atoms with Crippen LogP contribution in [0.5, 0.6) is 0 Å². The van der Waals surface area contributed by atoms with Crippen LogP contribution in [0.1, 0.15) is 19.5 Å². The molecule has 0 saturated heterocycles. The van der Waals surface area contributed by atoms with E-state index in [1.54, 1.807) is 6.07 Å². The molecule has 1 rings (SSSR count). The molecule has 5 heteroatoms. The number of nitrogen functional groups attached to an aromatic ring is 1. The molecule has 1 aromatic heterocycles. The highest BCUT2D eigenvalue weighted by molar-refractivity contribution is 5.84. The lowest BCUT2D eigenvalue weighted by atomic mass is 10.0. The van der Waals surface area contributed by atoms with Crippen LogP contribution in [0.15, 0.2) is 12.1 Å². The molecule has 0 aliphatic carbocycles. The van der Waals surface area contributed by atoms with Crippen LogP contribution in [0, 0.1) is 12.8 Å². The number of nitrogens with zero attached hydrogens (tertiary/aromatic N) is 1.